The maximum atomic E-state index is 10.4. The van der Waals surface area contributed by atoms with Crippen molar-refractivity contribution in [2.24, 2.45) is 11.8 Å². The molecule has 2 rings (SSSR count). The van der Waals surface area contributed by atoms with Crippen LogP contribution in [0.3, 0.4) is 0 Å². The number of hydrogen-bond donors (Lipinski definition) is 1. The molecule has 1 nitrogen and oxygen atoms in total. The van der Waals surface area contributed by atoms with Crippen molar-refractivity contribution in [3.8, 4) is 0 Å². The summed E-state index contributed by atoms with van der Waals surface area (Å²) >= 11 is 0. The van der Waals surface area contributed by atoms with E-state index in [9.17, 15) is 5.11 Å². The van der Waals surface area contributed by atoms with Gasteiger partial charge in [0.1, 0.15) is 0 Å². The van der Waals surface area contributed by atoms with E-state index in [0.29, 0.717) is 11.8 Å². The van der Waals surface area contributed by atoms with Gasteiger partial charge in [-0.25, -0.2) is 0 Å². The van der Waals surface area contributed by atoms with Crippen molar-refractivity contribution in [2.45, 2.75) is 44.1 Å². The van der Waals surface area contributed by atoms with Gasteiger partial charge in [0.2, 0.25) is 0 Å². The van der Waals surface area contributed by atoms with Crippen LogP contribution < -0.4 is 0 Å². The maximum Gasteiger partial charge on any atom is 0.0737 e. The Bertz CT molecular complexity index is 187. The van der Waals surface area contributed by atoms with Gasteiger partial charge in [0.15, 0.2) is 0 Å². The number of rotatable bonds is 1. The molecule has 0 amide bonds. The molecule has 2 saturated carbocycles. The second-order valence-corrected chi connectivity index (χ2v) is 4.35. The minimum Gasteiger partial charge on any atom is -0.389 e. The van der Waals surface area contributed by atoms with E-state index in [-0.39, 0.29) is 5.60 Å². The Morgan fingerprint density at radius 3 is 2.83 bits per heavy atom. The number of aliphatic hydroxyl groups is 1. The Kier molecular flexibility index (Phi) is 1.99. The molecule has 0 unspecified atom stereocenters. The minimum atomic E-state index is -0.361. The predicted molar refractivity (Wildman–Crippen MR) is 49.8 cm³/mol. The smallest absolute Gasteiger partial charge is 0.0737 e. The van der Waals surface area contributed by atoms with Crippen LogP contribution in [0.1, 0.15) is 38.5 Å². The Labute approximate surface area is 74.5 Å². The van der Waals surface area contributed by atoms with Crippen LogP contribution in [0, 0.1) is 11.8 Å². The zero-order chi connectivity index (χ0) is 8.60. The highest BCUT2D eigenvalue weighted by atomic mass is 16.3. The molecule has 0 bridgehead atoms. The average molecular weight is 166 g/mol. The van der Waals surface area contributed by atoms with Crippen molar-refractivity contribution in [3.05, 3.63) is 12.7 Å². The molecule has 0 saturated heterocycles. The summed E-state index contributed by atoms with van der Waals surface area (Å²) in [5.41, 5.74) is -0.361. The van der Waals surface area contributed by atoms with Crippen molar-refractivity contribution >= 4 is 0 Å². The number of fused-ring (bicyclic) bond motifs is 1. The molecule has 0 heterocycles. The van der Waals surface area contributed by atoms with Crippen molar-refractivity contribution < 1.29 is 5.11 Å². The van der Waals surface area contributed by atoms with Gasteiger partial charge in [-0.1, -0.05) is 18.9 Å². The van der Waals surface area contributed by atoms with E-state index >= 15 is 0 Å². The van der Waals surface area contributed by atoms with Crippen molar-refractivity contribution in [1.82, 2.24) is 0 Å². The second-order valence-electron chi connectivity index (χ2n) is 4.35. The highest BCUT2D eigenvalue weighted by molar-refractivity contribution is 5.06. The van der Waals surface area contributed by atoms with E-state index in [4.69, 9.17) is 0 Å². The lowest BCUT2D eigenvalue weighted by Crippen LogP contribution is -2.41. The molecule has 1 heteroatoms. The van der Waals surface area contributed by atoms with Gasteiger partial charge in [-0.05, 0) is 31.6 Å². The SMILES string of the molecule is C=C[C@@H]1CC[C@@H]2CCCC[C@@]21O. The molecule has 0 aromatic rings. The van der Waals surface area contributed by atoms with Gasteiger partial charge in [0, 0.05) is 5.92 Å². The van der Waals surface area contributed by atoms with Gasteiger partial charge >= 0.3 is 0 Å². The van der Waals surface area contributed by atoms with Gasteiger partial charge in [0.05, 0.1) is 5.60 Å². The third-order valence-corrected chi connectivity index (χ3v) is 3.84. The maximum absolute atomic E-state index is 10.4. The monoisotopic (exact) mass is 166 g/mol. The lowest BCUT2D eigenvalue weighted by Gasteiger charge is -2.38. The van der Waals surface area contributed by atoms with Crippen molar-refractivity contribution in [1.29, 1.82) is 0 Å². The fourth-order valence-corrected chi connectivity index (χ4v) is 3.09. The molecule has 0 aromatic heterocycles. The van der Waals surface area contributed by atoms with Crippen molar-refractivity contribution in [2.75, 3.05) is 0 Å². The normalized spacial score (nSPS) is 47.1. The molecule has 2 fully saturated rings. The van der Waals surface area contributed by atoms with E-state index < -0.39 is 0 Å². The first kappa shape index (κ1) is 8.31. The summed E-state index contributed by atoms with van der Waals surface area (Å²) in [4.78, 5) is 0. The summed E-state index contributed by atoms with van der Waals surface area (Å²) in [5, 5.41) is 10.4. The summed E-state index contributed by atoms with van der Waals surface area (Å²) in [7, 11) is 0. The molecule has 0 radical (unpaired) electrons. The number of hydrogen-bond acceptors (Lipinski definition) is 1. The molecule has 0 spiro atoms. The largest absolute Gasteiger partial charge is 0.389 e. The standard InChI is InChI=1S/C11H18O/c1-2-9-6-7-10-5-3-4-8-11(9,10)12/h2,9-10,12H,1,3-8H2/t9-,10+,11+/m1/s1. The first-order valence-electron chi connectivity index (χ1n) is 5.12. The molecular weight excluding hydrogens is 148 g/mol. The van der Waals surface area contributed by atoms with Gasteiger partial charge in [-0.3, -0.25) is 0 Å². The molecule has 0 aliphatic heterocycles. The van der Waals surface area contributed by atoms with Crippen LogP contribution in [0.5, 0.6) is 0 Å². The predicted octanol–water partition coefficient (Wildman–Crippen LogP) is 2.50. The molecule has 3 atom stereocenters. The zero-order valence-electron chi connectivity index (χ0n) is 7.63. The van der Waals surface area contributed by atoms with E-state index in [1.54, 1.807) is 0 Å². The minimum absolute atomic E-state index is 0.361. The van der Waals surface area contributed by atoms with Crippen LogP contribution in [-0.2, 0) is 0 Å². The van der Waals surface area contributed by atoms with Crippen LogP contribution in [-0.4, -0.2) is 10.7 Å². The summed E-state index contributed by atoms with van der Waals surface area (Å²) < 4.78 is 0. The summed E-state index contributed by atoms with van der Waals surface area (Å²) in [6, 6.07) is 0. The molecule has 2 aliphatic carbocycles. The van der Waals surface area contributed by atoms with Crippen LogP contribution in [0.15, 0.2) is 12.7 Å². The van der Waals surface area contributed by atoms with E-state index in [2.05, 4.69) is 6.58 Å². The third-order valence-electron chi connectivity index (χ3n) is 3.84. The van der Waals surface area contributed by atoms with Crippen LogP contribution >= 0.6 is 0 Å². The second kappa shape index (κ2) is 2.88. The Balaban J connectivity index is 2.19. The first-order chi connectivity index (χ1) is 5.77. The summed E-state index contributed by atoms with van der Waals surface area (Å²) in [6.07, 6.45) is 9.10. The highest BCUT2D eigenvalue weighted by Crippen LogP contribution is 2.49. The fourth-order valence-electron chi connectivity index (χ4n) is 3.09. The lowest BCUT2D eigenvalue weighted by molar-refractivity contribution is -0.0493. The van der Waals surface area contributed by atoms with Crippen LogP contribution in [0.2, 0.25) is 0 Å². The Morgan fingerprint density at radius 1 is 1.25 bits per heavy atom. The van der Waals surface area contributed by atoms with Crippen LogP contribution in [0.25, 0.3) is 0 Å². The van der Waals surface area contributed by atoms with Gasteiger partial charge < -0.3 is 5.11 Å². The average Bonchev–Trinajstić information content (AvgIpc) is 2.41. The van der Waals surface area contributed by atoms with Gasteiger partial charge in [0.25, 0.3) is 0 Å². The third kappa shape index (κ3) is 1.03. The molecule has 68 valence electrons. The van der Waals surface area contributed by atoms with Crippen LogP contribution in [0.4, 0.5) is 0 Å². The molecule has 0 aromatic carbocycles. The first-order valence-corrected chi connectivity index (χ1v) is 5.12. The Morgan fingerprint density at radius 2 is 2.08 bits per heavy atom. The van der Waals surface area contributed by atoms with E-state index in [1.807, 2.05) is 6.08 Å². The quantitative estimate of drug-likeness (QED) is 0.593. The summed E-state index contributed by atoms with van der Waals surface area (Å²) in [5.74, 6) is 0.956. The zero-order valence-corrected chi connectivity index (χ0v) is 7.63. The highest BCUT2D eigenvalue weighted by Gasteiger charge is 2.48. The molecule has 12 heavy (non-hydrogen) atoms. The van der Waals surface area contributed by atoms with E-state index in [1.165, 1.54) is 25.7 Å². The van der Waals surface area contributed by atoms with E-state index in [0.717, 1.165) is 12.8 Å². The summed E-state index contributed by atoms with van der Waals surface area (Å²) in [6.45, 7) is 3.82. The fraction of sp³-hybridized carbons (Fsp3) is 0.818. The lowest BCUT2D eigenvalue weighted by atomic mass is 9.74. The van der Waals surface area contributed by atoms with Gasteiger partial charge in [-0.2, -0.15) is 0 Å². The molecule has 2 aliphatic rings. The molecule has 1 N–H and O–H groups in total. The van der Waals surface area contributed by atoms with Crippen molar-refractivity contribution in [3.63, 3.8) is 0 Å². The Hall–Kier alpha value is -0.300. The molecular formula is C11H18O. The topological polar surface area (TPSA) is 20.2 Å². The van der Waals surface area contributed by atoms with Gasteiger partial charge in [-0.15, -0.1) is 6.58 Å².